The molecule has 0 aliphatic heterocycles. The molecule has 2 amide bonds. The minimum Gasteiger partial charge on any atom is -0.392 e. The van der Waals surface area contributed by atoms with Crippen LogP contribution >= 0.6 is 11.6 Å². The fraction of sp³-hybridized carbons (Fsp3) is 0.462. The molecule has 0 heterocycles. The summed E-state index contributed by atoms with van der Waals surface area (Å²) in [4.78, 5) is 13.1. The van der Waals surface area contributed by atoms with Crippen LogP contribution in [-0.2, 0) is 6.54 Å². The van der Waals surface area contributed by atoms with Gasteiger partial charge >= 0.3 is 6.03 Å². The summed E-state index contributed by atoms with van der Waals surface area (Å²) in [6.45, 7) is 4.33. The lowest BCUT2D eigenvalue weighted by atomic mass is 10.1. The fourth-order valence-electron chi connectivity index (χ4n) is 1.61. The summed E-state index contributed by atoms with van der Waals surface area (Å²) in [6, 6.07) is 5.43. The molecule has 100 valence electrons. The van der Waals surface area contributed by atoms with E-state index in [0.717, 1.165) is 16.1 Å². The van der Waals surface area contributed by atoms with Gasteiger partial charge < -0.3 is 15.3 Å². The summed E-state index contributed by atoms with van der Waals surface area (Å²) in [5.74, 6) is 0. The van der Waals surface area contributed by atoms with Crippen molar-refractivity contribution in [1.29, 1.82) is 0 Å². The lowest BCUT2D eigenvalue weighted by Crippen LogP contribution is -2.40. The summed E-state index contributed by atoms with van der Waals surface area (Å²) < 4.78 is 0. The molecule has 18 heavy (non-hydrogen) atoms. The first kappa shape index (κ1) is 14.8. The SMILES string of the molecule is Cc1cc(CNC(=O)N(C)C[C@H](C)O)ccc1Cl. The van der Waals surface area contributed by atoms with Crippen molar-refractivity contribution >= 4 is 17.6 Å². The van der Waals surface area contributed by atoms with Gasteiger partial charge in [-0.15, -0.1) is 0 Å². The number of rotatable bonds is 4. The highest BCUT2D eigenvalue weighted by molar-refractivity contribution is 6.31. The van der Waals surface area contributed by atoms with Crippen LogP contribution in [0.5, 0.6) is 0 Å². The number of nitrogens with zero attached hydrogens (tertiary/aromatic N) is 1. The number of amides is 2. The molecular weight excluding hydrogens is 252 g/mol. The monoisotopic (exact) mass is 270 g/mol. The van der Waals surface area contributed by atoms with Crippen LogP contribution in [0.3, 0.4) is 0 Å². The van der Waals surface area contributed by atoms with Crippen molar-refractivity contribution in [3.63, 3.8) is 0 Å². The molecule has 0 spiro atoms. The van der Waals surface area contributed by atoms with Crippen LogP contribution in [0.4, 0.5) is 4.79 Å². The molecule has 1 rings (SSSR count). The molecular formula is C13H19ClN2O2. The Hall–Kier alpha value is -1.26. The minimum atomic E-state index is -0.529. The van der Waals surface area contributed by atoms with Crippen molar-refractivity contribution in [1.82, 2.24) is 10.2 Å². The summed E-state index contributed by atoms with van der Waals surface area (Å²) in [6.07, 6.45) is -0.529. The Morgan fingerprint density at radius 1 is 1.56 bits per heavy atom. The number of carbonyl (C=O) groups excluding carboxylic acids is 1. The van der Waals surface area contributed by atoms with E-state index in [9.17, 15) is 9.90 Å². The summed E-state index contributed by atoms with van der Waals surface area (Å²) in [5, 5.41) is 12.7. The average molecular weight is 271 g/mol. The number of aliphatic hydroxyl groups excluding tert-OH is 1. The Labute approximate surface area is 113 Å². The molecule has 2 N–H and O–H groups in total. The second-order valence-electron chi connectivity index (χ2n) is 4.47. The Balaban J connectivity index is 2.49. The minimum absolute atomic E-state index is 0.205. The van der Waals surface area contributed by atoms with Crippen LogP contribution in [0, 0.1) is 6.92 Å². The van der Waals surface area contributed by atoms with Crippen LogP contribution in [0.1, 0.15) is 18.1 Å². The van der Waals surface area contributed by atoms with Crippen molar-refractivity contribution in [3.05, 3.63) is 34.3 Å². The van der Waals surface area contributed by atoms with Crippen molar-refractivity contribution in [2.24, 2.45) is 0 Å². The third-order valence-corrected chi connectivity index (χ3v) is 2.97. The van der Waals surface area contributed by atoms with Gasteiger partial charge in [-0.3, -0.25) is 0 Å². The van der Waals surface area contributed by atoms with Crippen LogP contribution < -0.4 is 5.32 Å². The van der Waals surface area contributed by atoms with E-state index < -0.39 is 6.10 Å². The zero-order chi connectivity index (χ0) is 13.7. The maximum atomic E-state index is 11.7. The van der Waals surface area contributed by atoms with Gasteiger partial charge in [-0.25, -0.2) is 4.79 Å². The number of carbonyl (C=O) groups is 1. The molecule has 1 aromatic carbocycles. The smallest absolute Gasteiger partial charge is 0.317 e. The maximum absolute atomic E-state index is 11.7. The average Bonchev–Trinajstić information content (AvgIpc) is 2.29. The van der Waals surface area contributed by atoms with Gasteiger partial charge in [-0.05, 0) is 31.0 Å². The quantitative estimate of drug-likeness (QED) is 0.881. The van der Waals surface area contributed by atoms with E-state index in [1.54, 1.807) is 14.0 Å². The third-order valence-electron chi connectivity index (χ3n) is 2.55. The number of nitrogens with one attached hydrogen (secondary N) is 1. The van der Waals surface area contributed by atoms with Crippen LogP contribution in [0.15, 0.2) is 18.2 Å². The second-order valence-corrected chi connectivity index (χ2v) is 4.88. The van der Waals surface area contributed by atoms with E-state index in [4.69, 9.17) is 11.6 Å². The number of urea groups is 1. The summed E-state index contributed by atoms with van der Waals surface area (Å²) in [5.41, 5.74) is 1.98. The number of hydrogen-bond donors (Lipinski definition) is 2. The molecule has 0 radical (unpaired) electrons. The first-order valence-corrected chi connectivity index (χ1v) is 6.20. The second kappa shape index (κ2) is 6.61. The first-order valence-electron chi connectivity index (χ1n) is 5.82. The Bertz CT molecular complexity index is 421. The lowest BCUT2D eigenvalue weighted by molar-refractivity contribution is 0.143. The Morgan fingerprint density at radius 3 is 2.78 bits per heavy atom. The van der Waals surface area contributed by atoms with Crippen molar-refractivity contribution in [2.45, 2.75) is 26.5 Å². The fourth-order valence-corrected chi connectivity index (χ4v) is 1.73. The molecule has 0 bridgehead atoms. The highest BCUT2D eigenvalue weighted by atomic mass is 35.5. The first-order chi connectivity index (χ1) is 8.40. The molecule has 5 heteroatoms. The number of likely N-dealkylation sites (N-methyl/N-ethyl adjacent to an activating group) is 1. The van der Waals surface area contributed by atoms with E-state index in [0.29, 0.717) is 13.1 Å². The van der Waals surface area contributed by atoms with Crippen molar-refractivity contribution < 1.29 is 9.90 Å². The van der Waals surface area contributed by atoms with Gasteiger partial charge in [0.15, 0.2) is 0 Å². The topological polar surface area (TPSA) is 52.6 Å². The zero-order valence-electron chi connectivity index (χ0n) is 10.9. The predicted molar refractivity (Wildman–Crippen MR) is 72.7 cm³/mol. The van der Waals surface area contributed by atoms with Gasteiger partial charge in [0.05, 0.1) is 6.10 Å². The summed E-state index contributed by atoms with van der Waals surface area (Å²) >= 11 is 5.93. The molecule has 1 aromatic rings. The highest BCUT2D eigenvalue weighted by Crippen LogP contribution is 2.16. The molecule has 0 fully saturated rings. The predicted octanol–water partition coefficient (Wildman–Crippen LogP) is 2.17. The number of aliphatic hydroxyl groups is 1. The lowest BCUT2D eigenvalue weighted by Gasteiger charge is -2.19. The zero-order valence-corrected chi connectivity index (χ0v) is 11.7. The van der Waals surface area contributed by atoms with Gasteiger partial charge in [0.2, 0.25) is 0 Å². The van der Waals surface area contributed by atoms with Gasteiger partial charge in [0, 0.05) is 25.2 Å². The van der Waals surface area contributed by atoms with Gasteiger partial charge in [0.25, 0.3) is 0 Å². The molecule has 1 atom stereocenters. The molecule has 0 aliphatic carbocycles. The van der Waals surface area contributed by atoms with E-state index in [1.807, 2.05) is 25.1 Å². The Kier molecular flexibility index (Phi) is 5.44. The normalized spacial score (nSPS) is 12.1. The van der Waals surface area contributed by atoms with E-state index in [1.165, 1.54) is 4.90 Å². The van der Waals surface area contributed by atoms with Crippen molar-refractivity contribution in [3.8, 4) is 0 Å². The summed E-state index contributed by atoms with van der Waals surface area (Å²) in [7, 11) is 1.65. The van der Waals surface area contributed by atoms with Crippen LogP contribution in [0.2, 0.25) is 5.02 Å². The highest BCUT2D eigenvalue weighted by Gasteiger charge is 2.10. The van der Waals surface area contributed by atoms with Gasteiger partial charge in [-0.1, -0.05) is 23.7 Å². The molecule has 4 nitrogen and oxygen atoms in total. The van der Waals surface area contributed by atoms with Crippen molar-refractivity contribution in [2.75, 3.05) is 13.6 Å². The number of halogens is 1. The standard InChI is InChI=1S/C13H19ClN2O2/c1-9-6-11(4-5-12(9)14)7-15-13(18)16(3)8-10(2)17/h4-6,10,17H,7-8H2,1-3H3,(H,15,18)/t10-/m0/s1. The largest absolute Gasteiger partial charge is 0.392 e. The van der Waals surface area contributed by atoms with E-state index in [-0.39, 0.29) is 6.03 Å². The van der Waals surface area contributed by atoms with Crippen LogP contribution in [-0.4, -0.2) is 35.7 Å². The van der Waals surface area contributed by atoms with E-state index in [2.05, 4.69) is 5.32 Å². The number of aryl methyl sites for hydroxylation is 1. The van der Waals surface area contributed by atoms with E-state index >= 15 is 0 Å². The van der Waals surface area contributed by atoms with Crippen LogP contribution in [0.25, 0.3) is 0 Å². The molecule has 0 unspecified atom stereocenters. The molecule has 0 aliphatic rings. The number of hydrogen-bond acceptors (Lipinski definition) is 2. The molecule has 0 saturated heterocycles. The molecule has 0 saturated carbocycles. The third kappa shape index (κ3) is 4.55. The Morgan fingerprint density at radius 2 is 2.22 bits per heavy atom. The maximum Gasteiger partial charge on any atom is 0.317 e. The molecule has 0 aromatic heterocycles. The van der Waals surface area contributed by atoms with Gasteiger partial charge in [0.1, 0.15) is 0 Å². The van der Waals surface area contributed by atoms with Gasteiger partial charge in [-0.2, -0.15) is 0 Å². The number of benzene rings is 1.